The van der Waals surface area contributed by atoms with E-state index in [2.05, 4.69) is 74.7 Å². The van der Waals surface area contributed by atoms with Crippen molar-refractivity contribution in [1.29, 1.82) is 0 Å². The molecule has 1 N–H and O–H groups in total. The lowest BCUT2D eigenvalue weighted by Crippen LogP contribution is -2.47. The molecule has 3 unspecified atom stereocenters. The zero-order chi connectivity index (χ0) is 56.4. The number of rotatable bonds is 59. The zero-order valence-electron chi connectivity index (χ0n) is 51.4. The summed E-state index contributed by atoms with van der Waals surface area (Å²) >= 11 is 0. The van der Waals surface area contributed by atoms with E-state index < -0.39 is 26.6 Å². The molecule has 0 spiro atoms. The van der Waals surface area contributed by atoms with E-state index >= 15 is 0 Å². The molecule has 0 heterocycles. The summed E-state index contributed by atoms with van der Waals surface area (Å²) in [4.78, 5) is 40.0. The van der Waals surface area contributed by atoms with Gasteiger partial charge in [-0.15, -0.1) is 0 Å². The van der Waals surface area contributed by atoms with Crippen LogP contribution in [0.4, 0.5) is 0 Å². The van der Waals surface area contributed by atoms with Crippen LogP contribution in [0.15, 0.2) is 60.8 Å². The zero-order valence-corrected chi connectivity index (χ0v) is 52.3. The van der Waals surface area contributed by atoms with E-state index in [0.29, 0.717) is 17.4 Å². The van der Waals surface area contributed by atoms with Gasteiger partial charge >= 0.3 is 5.97 Å². The molecule has 0 aromatic rings. The lowest BCUT2D eigenvalue weighted by Gasteiger charge is -2.30. The highest BCUT2D eigenvalue weighted by Gasteiger charge is 2.27. The van der Waals surface area contributed by atoms with Crippen molar-refractivity contribution in [2.24, 2.45) is 0 Å². The van der Waals surface area contributed by atoms with Gasteiger partial charge in [-0.3, -0.25) is 14.2 Å². The molecule has 77 heavy (non-hydrogen) atoms. The number of likely N-dealkylation sites (N-methyl/N-ethyl adjacent to an activating group) is 1. The number of amides is 1. The van der Waals surface area contributed by atoms with E-state index in [0.717, 1.165) is 77.0 Å². The first-order valence-electron chi connectivity index (χ1n) is 32.6. The molecule has 9 nitrogen and oxygen atoms in total. The van der Waals surface area contributed by atoms with Crippen LogP contribution in [0.5, 0.6) is 0 Å². The second-order valence-electron chi connectivity index (χ2n) is 23.3. The molecule has 0 aliphatic carbocycles. The Morgan fingerprint density at radius 1 is 0.468 bits per heavy atom. The number of ether oxygens (including phenoxy) is 1. The van der Waals surface area contributed by atoms with Crippen molar-refractivity contribution in [3.63, 3.8) is 0 Å². The Balaban J connectivity index is 5.05. The number of carbonyl (C=O) groups excluding carboxylic acids is 2. The second-order valence-corrected chi connectivity index (χ2v) is 24.7. The quantitative estimate of drug-likeness (QED) is 0.0161. The van der Waals surface area contributed by atoms with Gasteiger partial charge in [-0.2, -0.15) is 0 Å². The van der Waals surface area contributed by atoms with Gasteiger partial charge < -0.3 is 28.5 Å². The first kappa shape index (κ1) is 74.7. The van der Waals surface area contributed by atoms with Crippen LogP contribution in [0.3, 0.4) is 0 Å². The molecule has 0 aliphatic heterocycles. The van der Waals surface area contributed by atoms with Crippen LogP contribution in [0, 0.1) is 0 Å². The number of phosphoric ester groups is 1. The van der Waals surface area contributed by atoms with Gasteiger partial charge in [0.05, 0.1) is 33.8 Å². The summed E-state index contributed by atoms with van der Waals surface area (Å²) in [5.74, 6) is -0.548. The number of nitrogens with zero attached hydrogens (tertiary/aromatic N) is 1. The molecule has 0 rings (SSSR count). The molecule has 450 valence electrons. The lowest BCUT2D eigenvalue weighted by atomic mass is 10.0. The molecule has 0 saturated heterocycles. The minimum atomic E-state index is -4.70. The monoisotopic (exact) mass is 1100 g/mol. The third-order valence-electron chi connectivity index (χ3n) is 14.5. The van der Waals surface area contributed by atoms with Gasteiger partial charge in [0.1, 0.15) is 19.3 Å². The highest BCUT2D eigenvalue weighted by atomic mass is 31.2. The van der Waals surface area contributed by atoms with Gasteiger partial charge in [0.25, 0.3) is 7.82 Å². The number of unbranched alkanes of at least 4 members (excludes halogenated alkanes) is 37. The van der Waals surface area contributed by atoms with Crippen LogP contribution >= 0.6 is 7.82 Å². The van der Waals surface area contributed by atoms with Gasteiger partial charge in [-0.1, -0.05) is 275 Å². The SMILES string of the molecule is CC/C=C/C=C/C=C/CCCCCCCCCC(=O)OC(/C=C\CCCCCCCCCCC)C(COP(=O)([O-])OCC[N+](C)(C)C)NC(=O)CCCCCCCCCCCCCCCCC/C=C/CCCCCCCC. The van der Waals surface area contributed by atoms with E-state index in [9.17, 15) is 19.0 Å². The van der Waals surface area contributed by atoms with Crippen molar-refractivity contribution >= 4 is 19.7 Å². The summed E-state index contributed by atoms with van der Waals surface area (Å²) in [6.07, 6.45) is 72.0. The number of hydrogen-bond acceptors (Lipinski definition) is 7. The molecule has 0 radical (unpaired) electrons. The molecular weight excluding hydrogens is 976 g/mol. The predicted molar refractivity (Wildman–Crippen MR) is 330 cm³/mol. The largest absolute Gasteiger partial charge is 0.756 e. The van der Waals surface area contributed by atoms with Crippen LogP contribution in [0.25, 0.3) is 0 Å². The van der Waals surface area contributed by atoms with E-state index in [-0.39, 0.29) is 24.9 Å². The van der Waals surface area contributed by atoms with E-state index in [1.54, 1.807) is 0 Å². The molecule has 0 aliphatic rings. The van der Waals surface area contributed by atoms with Crippen molar-refractivity contribution in [1.82, 2.24) is 5.32 Å². The third-order valence-corrected chi connectivity index (χ3v) is 15.5. The molecule has 0 saturated carbocycles. The van der Waals surface area contributed by atoms with Crippen molar-refractivity contribution in [2.75, 3.05) is 40.9 Å². The summed E-state index contributed by atoms with van der Waals surface area (Å²) in [5.41, 5.74) is 0. The smallest absolute Gasteiger partial charge is 0.306 e. The van der Waals surface area contributed by atoms with Gasteiger partial charge in [0.2, 0.25) is 5.91 Å². The van der Waals surface area contributed by atoms with E-state index in [4.69, 9.17) is 13.8 Å². The maximum atomic E-state index is 13.5. The Morgan fingerprint density at radius 3 is 1.27 bits per heavy atom. The third kappa shape index (κ3) is 58.2. The Hall–Kier alpha value is -2.29. The minimum absolute atomic E-state index is 0.0247. The lowest BCUT2D eigenvalue weighted by molar-refractivity contribution is -0.870. The fourth-order valence-electron chi connectivity index (χ4n) is 9.46. The number of nitrogens with one attached hydrogen (secondary N) is 1. The Morgan fingerprint density at radius 2 is 0.844 bits per heavy atom. The highest BCUT2D eigenvalue weighted by Crippen LogP contribution is 2.38. The van der Waals surface area contributed by atoms with Crippen LogP contribution in [0.2, 0.25) is 0 Å². The Labute approximate surface area is 477 Å². The topological polar surface area (TPSA) is 114 Å². The second kappa shape index (κ2) is 57.0. The molecular formula is C67H125N2O7P. The molecule has 0 aromatic carbocycles. The number of allylic oxidation sites excluding steroid dienone is 9. The maximum absolute atomic E-state index is 13.5. The van der Waals surface area contributed by atoms with Crippen molar-refractivity contribution < 1.29 is 37.3 Å². The highest BCUT2D eigenvalue weighted by molar-refractivity contribution is 7.45. The number of hydrogen-bond donors (Lipinski definition) is 1. The van der Waals surface area contributed by atoms with Crippen molar-refractivity contribution in [3.8, 4) is 0 Å². The van der Waals surface area contributed by atoms with Gasteiger partial charge in [-0.25, -0.2) is 0 Å². The first-order chi connectivity index (χ1) is 37.4. The average molecular weight is 1100 g/mol. The molecule has 3 atom stereocenters. The fraction of sp³-hybridized carbons (Fsp3) is 0.821. The van der Waals surface area contributed by atoms with Crippen LogP contribution < -0.4 is 10.2 Å². The molecule has 0 aromatic heterocycles. The maximum Gasteiger partial charge on any atom is 0.306 e. The summed E-state index contributed by atoms with van der Waals surface area (Å²) in [5, 5.41) is 3.03. The summed E-state index contributed by atoms with van der Waals surface area (Å²) < 4.78 is 30.3. The van der Waals surface area contributed by atoms with Gasteiger partial charge in [-0.05, 0) is 76.7 Å². The van der Waals surface area contributed by atoms with Crippen LogP contribution in [0.1, 0.15) is 303 Å². The van der Waals surface area contributed by atoms with E-state index in [1.165, 1.54) is 193 Å². The number of quaternary nitrogens is 1. The Kier molecular flexibility index (Phi) is 55.3. The van der Waals surface area contributed by atoms with Gasteiger partial charge in [0.15, 0.2) is 0 Å². The fourth-order valence-corrected chi connectivity index (χ4v) is 10.2. The summed E-state index contributed by atoms with van der Waals surface area (Å²) in [6, 6.07) is -0.893. The molecule has 10 heteroatoms. The number of carbonyl (C=O) groups is 2. The molecule has 0 fully saturated rings. The number of phosphoric acid groups is 1. The average Bonchev–Trinajstić information content (AvgIpc) is 3.39. The van der Waals surface area contributed by atoms with E-state index in [1.807, 2.05) is 33.3 Å². The standard InChI is InChI=1S/C67H125N2O7P/c1-7-10-13-16-19-22-25-27-29-30-31-32-33-34-35-36-37-38-40-41-44-47-50-53-56-59-66(70)68-64(63-75-77(72,73)74-62-61-69(4,5)6)65(58-55-52-49-46-43-24-21-18-15-12-9-3)76-67(71)60-57-54-51-48-45-42-39-28-26-23-20-17-14-11-8-2/h11,14,17,20,23,26-27,29,55,58,64-65H,7-10,12-13,15-16,18-19,21-22,24-25,28,30-54,56-57,59-63H2,1-6H3,(H-,68,70,72,73)/b14-11+,20-17+,26-23+,29-27+,58-55-. The Bertz CT molecular complexity index is 1500. The predicted octanol–water partition coefficient (Wildman–Crippen LogP) is 19.6. The van der Waals surface area contributed by atoms with Crippen LogP contribution in [-0.2, 0) is 27.9 Å². The van der Waals surface area contributed by atoms with Gasteiger partial charge in [0, 0.05) is 12.8 Å². The molecule has 0 bridgehead atoms. The first-order valence-corrected chi connectivity index (χ1v) is 34.1. The molecule has 1 amide bonds. The summed E-state index contributed by atoms with van der Waals surface area (Å²) in [6.45, 7) is 6.72. The van der Waals surface area contributed by atoms with Crippen molar-refractivity contribution in [2.45, 2.75) is 315 Å². The summed E-state index contributed by atoms with van der Waals surface area (Å²) in [7, 11) is 1.18. The van der Waals surface area contributed by atoms with Crippen LogP contribution in [-0.4, -0.2) is 69.4 Å². The normalized spacial score (nSPS) is 14.0. The minimum Gasteiger partial charge on any atom is -0.756 e. The van der Waals surface area contributed by atoms with Crippen molar-refractivity contribution in [3.05, 3.63) is 60.8 Å². The number of esters is 1.